The molecule has 0 saturated carbocycles. The van der Waals surface area contributed by atoms with Crippen LogP contribution >= 0.6 is 0 Å². The Morgan fingerprint density at radius 1 is 1.60 bits per heavy atom. The molecule has 1 amide bonds. The molecule has 6 heteroatoms. The second-order valence-electron chi connectivity index (χ2n) is 5.03. The lowest BCUT2D eigenvalue weighted by Gasteiger charge is -2.24. The van der Waals surface area contributed by atoms with Crippen molar-refractivity contribution < 1.29 is 14.3 Å². The highest BCUT2D eigenvalue weighted by Gasteiger charge is 2.40. The molecule has 0 bridgehead atoms. The lowest BCUT2D eigenvalue weighted by Crippen LogP contribution is -2.37. The summed E-state index contributed by atoms with van der Waals surface area (Å²) < 4.78 is 5.09. The molecular formula is C14H21N3O3. The first kappa shape index (κ1) is 14.6. The molecule has 1 aliphatic heterocycles. The number of aromatic amines is 1. The van der Waals surface area contributed by atoms with Gasteiger partial charge in [0.25, 0.3) is 0 Å². The summed E-state index contributed by atoms with van der Waals surface area (Å²) in [4.78, 5) is 33.0. The second kappa shape index (κ2) is 6.54. The summed E-state index contributed by atoms with van der Waals surface area (Å²) in [6.07, 6.45) is 5.76. The first-order valence-electron chi connectivity index (χ1n) is 7.12. The van der Waals surface area contributed by atoms with Crippen molar-refractivity contribution in [2.24, 2.45) is 5.92 Å². The van der Waals surface area contributed by atoms with Gasteiger partial charge in [-0.25, -0.2) is 9.78 Å². The molecule has 0 radical (unpaired) electrons. The monoisotopic (exact) mass is 279 g/mol. The number of nitrogens with one attached hydrogen (secondary N) is 1. The predicted molar refractivity (Wildman–Crippen MR) is 72.7 cm³/mol. The van der Waals surface area contributed by atoms with Gasteiger partial charge in [-0.3, -0.25) is 4.79 Å². The molecule has 1 aromatic rings. The lowest BCUT2D eigenvalue weighted by molar-refractivity contribution is -0.154. The van der Waals surface area contributed by atoms with Crippen molar-refractivity contribution >= 4 is 11.9 Å². The molecule has 20 heavy (non-hydrogen) atoms. The highest BCUT2D eigenvalue weighted by molar-refractivity contribution is 5.86. The topological polar surface area (TPSA) is 75.3 Å². The molecule has 1 N–H and O–H groups in total. The molecule has 2 unspecified atom stereocenters. The van der Waals surface area contributed by atoms with E-state index in [9.17, 15) is 9.59 Å². The molecule has 110 valence electrons. The Labute approximate surface area is 118 Å². The quantitative estimate of drug-likeness (QED) is 0.804. The molecule has 2 atom stereocenters. The minimum Gasteiger partial charge on any atom is -0.464 e. The maximum absolute atomic E-state index is 12.2. The predicted octanol–water partition coefficient (Wildman–Crippen LogP) is 1.66. The largest absolute Gasteiger partial charge is 0.464 e. The number of amides is 1. The van der Waals surface area contributed by atoms with Crippen LogP contribution in [-0.4, -0.2) is 39.9 Å². The maximum atomic E-state index is 12.2. The number of carbonyl (C=O) groups excluding carboxylic acids is 2. The number of esters is 1. The fraction of sp³-hybridized carbons (Fsp3) is 0.643. The zero-order chi connectivity index (χ0) is 14.5. The van der Waals surface area contributed by atoms with Crippen LogP contribution in [0.5, 0.6) is 0 Å². The van der Waals surface area contributed by atoms with E-state index in [1.165, 1.54) is 0 Å². The standard InChI is InChI=1S/C14H21N3O3/c1-3-5-10-8-11(18)17(9-10)12(14(19)20-4-2)13-15-6-7-16-13/h6-7,10,12H,3-5,8-9H2,1-2H3,(H,15,16). The highest BCUT2D eigenvalue weighted by atomic mass is 16.5. The average molecular weight is 279 g/mol. The van der Waals surface area contributed by atoms with Crippen LogP contribution in [0.25, 0.3) is 0 Å². The van der Waals surface area contributed by atoms with E-state index in [1.54, 1.807) is 24.2 Å². The molecule has 6 nitrogen and oxygen atoms in total. The molecule has 0 aliphatic carbocycles. The number of aromatic nitrogens is 2. The van der Waals surface area contributed by atoms with Gasteiger partial charge in [-0.2, -0.15) is 0 Å². The van der Waals surface area contributed by atoms with Gasteiger partial charge in [-0.15, -0.1) is 0 Å². The number of hydrogen-bond donors (Lipinski definition) is 1. The first-order valence-corrected chi connectivity index (χ1v) is 7.12. The zero-order valence-corrected chi connectivity index (χ0v) is 12.0. The van der Waals surface area contributed by atoms with E-state index in [0.29, 0.717) is 24.7 Å². The third-order valence-electron chi connectivity index (χ3n) is 3.54. The zero-order valence-electron chi connectivity index (χ0n) is 12.0. The summed E-state index contributed by atoms with van der Waals surface area (Å²) in [7, 11) is 0. The normalized spacial score (nSPS) is 20.2. The summed E-state index contributed by atoms with van der Waals surface area (Å²) in [5.41, 5.74) is 0. The van der Waals surface area contributed by atoms with E-state index in [-0.39, 0.29) is 12.5 Å². The van der Waals surface area contributed by atoms with Crippen LogP contribution < -0.4 is 0 Å². The van der Waals surface area contributed by atoms with E-state index in [0.717, 1.165) is 12.8 Å². The van der Waals surface area contributed by atoms with E-state index >= 15 is 0 Å². The van der Waals surface area contributed by atoms with Gasteiger partial charge in [0.1, 0.15) is 5.82 Å². The van der Waals surface area contributed by atoms with E-state index in [2.05, 4.69) is 16.9 Å². The number of carbonyl (C=O) groups is 2. The number of H-pyrrole nitrogens is 1. The van der Waals surface area contributed by atoms with Gasteiger partial charge >= 0.3 is 5.97 Å². The Balaban J connectivity index is 2.19. The lowest BCUT2D eigenvalue weighted by atomic mass is 10.0. The van der Waals surface area contributed by atoms with Gasteiger partial charge in [-0.05, 0) is 19.3 Å². The minimum absolute atomic E-state index is 0.00194. The maximum Gasteiger partial charge on any atom is 0.336 e. The van der Waals surface area contributed by atoms with Gasteiger partial charge < -0.3 is 14.6 Å². The van der Waals surface area contributed by atoms with E-state index in [1.807, 2.05) is 0 Å². The molecule has 0 spiro atoms. The van der Waals surface area contributed by atoms with E-state index < -0.39 is 12.0 Å². The van der Waals surface area contributed by atoms with Crippen LogP contribution in [0.1, 0.15) is 45.0 Å². The van der Waals surface area contributed by atoms with Crippen LogP contribution in [0.2, 0.25) is 0 Å². The summed E-state index contributed by atoms with van der Waals surface area (Å²) in [6, 6.07) is -0.751. The smallest absolute Gasteiger partial charge is 0.336 e. The summed E-state index contributed by atoms with van der Waals surface area (Å²) in [6.45, 7) is 4.73. The number of ether oxygens (including phenoxy) is 1. The van der Waals surface area contributed by atoms with Gasteiger partial charge in [0.15, 0.2) is 6.04 Å². The van der Waals surface area contributed by atoms with Crippen LogP contribution in [0.4, 0.5) is 0 Å². The number of likely N-dealkylation sites (tertiary alicyclic amines) is 1. The second-order valence-corrected chi connectivity index (χ2v) is 5.03. The Kier molecular flexibility index (Phi) is 4.76. The van der Waals surface area contributed by atoms with Crippen molar-refractivity contribution in [3.05, 3.63) is 18.2 Å². The fourth-order valence-corrected chi connectivity index (χ4v) is 2.69. The SMILES string of the molecule is CCCC1CC(=O)N(C(C(=O)OCC)c2ncc[nH]2)C1. The van der Waals surface area contributed by atoms with Crippen LogP contribution in [-0.2, 0) is 14.3 Å². The summed E-state index contributed by atoms with van der Waals surface area (Å²) in [5, 5.41) is 0. The first-order chi connectivity index (χ1) is 9.67. The minimum atomic E-state index is -0.751. The molecule has 0 aromatic carbocycles. The van der Waals surface area contributed by atoms with Crippen molar-refractivity contribution in [2.75, 3.05) is 13.2 Å². The molecule has 1 saturated heterocycles. The van der Waals surface area contributed by atoms with Crippen LogP contribution in [0.15, 0.2) is 12.4 Å². The molecule has 1 fully saturated rings. The van der Waals surface area contributed by atoms with Crippen molar-refractivity contribution in [3.8, 4) is 0 Å². The Hall–Kier alpha value is -1.85. The van der Waals surface area contributed by atoms with Crippen LogP contribution in [0.3, 0.4) is 0 Å². The third-order valence-corrected chi connectivity index (χ3v) is 3.54. The highest BCUT2D eigenvalue weighted by Crippen LogP contribution is 2.30. The molecular weight excluding hydrogens is 258 g/mol. The van der Waals surface area contributed by atoms with Gasteiger partial charge in [0.05, 0.1) is 6.61 Å². The van der Waals surface area contributed by atoms with Crippen molar-refractivity contribution in [3.63, 3.8) is 0 Å². The Bertz CT molecular complexity index is 458. The molecule has 1 aliphatic rings. The molecule has 1 aromatic heterocycles. The Morgan fingerprint density at radius 3 is 3.00 bits per heavy atom. The van der Waals surface area contributed by atoms with Gasteiger partial charge in [0, 0.05) is 25.4 Å². The number of imidazole rings is 1. The van der Waals surface area contributed by atoms with Crippen molar-refractivity contribution in [2.45, 2.75) is 39.2 Å². The Morgan fingerprint density at radius 2 is 2.40 bits per heavy atom. The number of nitrogens with zero attached hydrogens (tertiary/aromatic N) is 2. The van der Waals surface area contributed by atoms with Crippen LogP contribution in [0, 0.1) is 5.92 Å². The third kappa shape index (κ3) is 3.00. The average Bonchev–Trinajstić information content (AvgIpc) is 3.02. The molecule has 2 heterocycles. The fourth-order valence-electron chi connectivity index (χ4n) is 2.69. The van der Waals surface area contributed by atoms with Gasteiger partial charge in [-0.1, -0.05) is 13.3 Å². The summed E-state index contributed by atoms with van der Waals surface area (Å²) in [5.74, 6) is 0.360. The molecule has 2 rings (SSSR count). The van der Waals surface area contributed by atoms with E-state index in [4.69, 9.17) is 4.74 Å². The van der Waals surface area contributed by atoms with Crippen molar-refractivity contribution in [1.82, 2.24) is 14.9 Å². The summed E-state index contributed by atoms with van der Waals surface area (Å²) >= 11 is 0. The van der Waals surface area contributed by atoms with Crippen molar-refractivity contribution in [1.29, 1.82) is 0 Å². The van der Waals surface area contributed by atoms with Gasteiger partial charge in [0.2, 0.25) is 5.91 Å². The number of hydrogen-bond acceptors (Lipinski definition) is 4. The number of rotatable bonds is 6.